The van der Waals surface area contributed by atoms with Crippen LogP contribution in [0.3, 0.4) is 0 Å². The molecular weight excluding hydrogens is 400 g/mol. The lowest BCUT2D eigenvalue weighted by Crippen LogP contribution is -2.54. The second kappa shape index (κ2) is 9.77. The molecule has 8 heteroatoms. The minimum Gasteiger partial charge on any atom is -0.325 e. The predicted octanol–water partition coefficient (Wildman–Crippen LogP) is 2.66. The van der Waals surface area contributed by atoms with E-state index >= 15 is 0 Å². The zero-order valence-electron chi connectivity index (χ0n) is 18.6. The number of benzene rings is 1. The van der Waals surface area contributed by atoms with E-state index in [1.807, 2.05) is 29.2 Å². The highest BCUT2D eigenvalue weighted by atomic mass is 32.2. The molecule has 1 aromatic rings. The lowest BCUT2D eigenvalue weighted by molar-refractivity contribution is -0.117. The Hall–Kier alpha value is -1.48. The van der Waals surface area contributed by atoms with Crippen molar-refractivity contribution in [2.75, 3.05) is 51.1 Å². The first-order valence-corrected chi connectivity index (χ1v) is 12.4. The molecule has 2 aliphatic heterocycles. The highest BCUT2D eigenvalue weighted by Gasteiger charge is 2.32. The SMILES string of the molecule is CC(C)(C)c1ccc(NC(=O)CN2CCN(S(=O)(=O)N3CCCCCC3)CC2)cc1. The summed E-state index contributed by atoms with van der Waals surface area (Å²) in [5.41, 5.74) is 2.09. The van der Waals surface area contributed by atoms with Crippen LogP contribution >= 0.6 is 0 Å². The monoisotopic (exact) mass is 436 g/mol. The number of carbonyl (C=O) groups excluding carboxylic acids is 1. The largest absolute Gasteiger partial charge is 0.325 e. The summed E-state index contributed by atoms with van der Waals surface area (Å²) in [7, 11) is -3.39. The van der Waals surface area contributed by atoms with E-state index in [9.17, 15) is 13.2 Å². The molecule has 2 aliphatic rings. The Labute approximate surface area is 181 Å². The van der Waals surface area contributed by atoms with Crippen molar-refractivity contribution in [2.24, 2.45) is 0 Å². The summed E-state index contributed by atoms with van der Waals surface area (Å²) in [4.78, 5) is 14.5. The first kappa shape index (κ1) is 23.2. The number of amides is 1. The van der Waals surface area contributed by atoms with Crippen molar-refractivity contribution in [1.82, 2.24) is 13.5 Å². The van der Waals surface area contributed by atoms with Crippen molar-refractivity contribution in [3.8, 4) is 0 Å². The van der Waals surface area contributed by atoms with Crippen molar-refractivity contribution >= 4 is 21.8 Å². The third-order valence-corrected chi connectivity index (χ3v) is 7.99. The fourth-order valence-electron chi connectivity index (χ4n) is 4.01. The molecule has 0 saturated carbocycles. The third-order valence-electron chi connectivity index (χ3n) is 5.95. The molecule has 168 valence electrons. The Morgan fingerprint density at radius 1 is 0.867 bits per heavy atom. The van der Waals surface area contributed by atoms with Gasteiger partial charge in [0, 0.05) is 45.0 Å². The highest BCUT2D eigenvalue weighted by Crippen LogP contribution is 2.23. The molecule has 7 nitrogen and oxygen atoms in total. The number of carbonyl (C=O) groups is 1. The van der Waals surface area contributed by atoms with Gasteiger partial charge in [-0.1, -0.05) is 45.7 Å². The van der Waals surface area contributed by atoms with Crippen molar-refractivity contribution in [3.63, 3.8) is 0 Å². The minimum atomic E-state index is -3.39. The summed E-state index contributed by atoms with van der Waals surface area (Å²) in [6.07, 6.45) is 4.09. The number of nitrogens with zero attached hydrogens (tertiary/aromatic N) is 3. The molecule has 0 aromatic heterocycles. The molecule has 2 heterocycles. The van der Waals surface area contributed by atoms with Gasteiger partial charge in [0.25, 0.3) is 10.2 Å². The van der Waals surface area contributed by atoms with E-state index in [4.69, 9.17) is 0 Å². The molecule has 0 bridgehead atoms. The maximum absolute atomic E-state index is 12.9. The van der Waals surface area contributed by atoms with Crippen LogP contribution in [-0.2, 0) is 20.4 Å². The van der Waals surface area contributed by atoms with Crippen LogP contribution in [0, 0.1) is 0 Å². The highest BCUT2D eigenvalue weighted by molar-refractivity contribution is 7.86. The van der Waals surface area contributed by atoms with Gasteiger partial charge in [0.2, 0.25) is 5.91 Å². The molecular formula is C22H36N4O3S. The topological polar surface area (TPSA) is 73.0 Å². The molecule has 2 fully saturated rings. The van der Waals surface area contributed by atoms with Crippen LogP contribution in [0.1, 0.15) is 52.0 Å². The van der Waals surface area contributed by atoms with Crippen LogP contribution < -0.4 is 5.32 Å². The van der Waals surface area contributed by atoms with Gasteiger partial charge in [-0.2, -0.15) is 17.0 Å². The van der Waals surface area contributed by atoms with Gasteiger partial charge in [-0.15, -0.1) is 0 Å². The Bertz CT molecular complexity index is 802. The van der Waals surface area contributed by atoms with Gasteiger partial charge < -0.3 is 5.32 Å². The fraction of sp³-hybridized carbons (Fsp3) is 0.682. The predicted molar refractivity (Wildman–Crippen MR) is 121 cm³/mol. The van der Waals surface area contributed by atoms with Crippen molar-refractivity contribution in [2.45, 2.75) is 51.9 Å². The van der Waals surface area contributed by atoms with Crippen molar-refractivity contribution in [3.05, 3.63) is 29.8 Å². The second-order valence-electron chi connectivity index (χ2n) is 9.37. The number of nitrogens with one attached hydrogen (secondary N) is 1. The summed E-state index contributed by atoms with van der Waals surface area (Å²) < 4.78 is 29.1. The Balaban J connectivity index is 1.47. The average molecular weight is 437 g/mol. The molecule has 1 N–H and O–H groups in total. The van der Waals surface area contributed by atoms with Crippen LogP contribution in [0.2, 0.25) is 0 Å². The standard InChI is InChI=1S/C22H36N4O3S/c1-22(2,3)19-8-10-20(11-9-19)23-21(27)18-24-14-16-26(17-15-24)30(28,29)25-12-6-4-5-7-13-25/h8-11H,4-7,12-18H2,1-3H3,(H,23,27). The fourth-order valence-corrected chi connectivity index (χ4v) is 5.68. The van der Waals surface area contributed by atoms with E-state index in [-0.39, 0.29) is 17.9 Å². The van der Waals surface area contributed by atoms with E-state index in [1.54, 1.807) is 8.61 Å². The number of hydrogen-bond acceptors (Lipinski definition) is 4. The molecule has 0 atom stereocenters. The molecule has 3 rings (SSSR count). The van der Waals surface area contributed by atoms with Crippen LogP contribution in [0.5, 0.6) is 0 Å². The molecule has 0 spiro atoms. The first-order chi connectivity index (χ1) is 14.2. The Morgan fingerprint density at radius 3 is 1.93 bits per heavy atom. The number of hydrogen-bond donors (Lipinski definition) is 1. The summed E-state index contributed by atoms with van der Waals surface area (Å²) >= 11 is 0. The Kier molecular flexibility index (Phi) is 7.55. The number of piperazine rings is 1. The van der Waals surface area contributed by atoms with Crippen molar-refractivity contribution in [1.29, 1.82) is 0 Å². The van der Waals surface area contributed by atoms with Gasteiger partial charge in [0.15, 0.2) is 0 Å². The molecule has 1 amide bonds. The average Bonchev–Trinajstić information content (AvgIpc) is 2.98. The van der Waals surface area contributed by atoms with E-state index in [0.717, 1.165) is 31.4 Å². The van der Waals surface area contributed by atoms with Crippen LogP contribution in [-0.4, -0.2) is 73.6 Å². The van der Waals surface area contributed by atoms with Gasteiger partial charge in [-0.05, 0) is 36.0 Å². The molecule has 30 heavy (non-hydrogen) atoms. The number of rotatable bonds is 5. The van der Waals surface area contributed by atoms with Gasteiger partial charge >= 0.3 is 0 Å². The summed E-state index contributed by atoms with van der Waals surface area (Å²) in [5, 5.41) is 2.95. The minimum absolute atomic E-state index is 0.0673. The third kappa shape index (κ3) is 6.03. The molecule has 0 aliphatic carbocycles. The normalized spacial score (nSPS) is 20.6. The first-order valence-electron chi connectivity index (χ1n) is 11.0. The second-order valence-corrected chi connectivity index (χ2v) is 11.3. The zero-order chi connectivity index (χ0) is 21.8. The van der Waals surface area contributed by atoms with E-state index < -0.39 is 10.2 Å². The quantitative estimate of drug-likeness (QED) is 0.770. The van der Waals surface area contributed by atoms with E-state index in [0.29, 0.717) is 39.3 Å². The molecule has 2 saturated heterocycles. The van der Waals surface area contributed by atoms with Crippen LogP contribution in [0.4, 0.5) is 5.69 Å². The summed E-state index contributed by atoms with van der Waals surface area (Å²) in [5.74, 6) is -0.0673. The lowest BCUT2D eigenvalue weighted by atomic mass is 9.87. The summed E-state index contributed by atoms with van der Waals surface area (Å²) in [6.45, 7) is 10.0. The maximum atomic E-state index is 12.9. The van der Waals surface area contributed by atoms with Gasteiger partial charge in [-0.25, -0.2) is 0 Å². The van der Waals surface area contributed by atoms with Crippen LogP contribution in [0.15, 0.2) is 24.3 Å². The van der Waals surface area contributed by atoms with Crippen LogP contribution in [0.25, 0.3) is 0 Å². The van der Waals surface area contributed by atoms with Gasteiger partial charge in [0.1, 0.15) is 0 Å². The zero-order valence-corrected chi connectivity index (χ0v) is 19.4. The number of anilines is 1. The maximum Gasteiger partial charge on any atom is 0.282 e. The Morgan fingerprint density at radius 2 is 1.40 bits per heavy atom. The molecule has 1 aromatic carbocycles. The lowest BCUT2D eigenvalue weighted by Gasteiger charge is -2.36. The van der Waals surface area contributed by atoms with Gasteiger partial charge in [0.05, 0.1) is 6.54 Å². The smallest absolute Gasteiger partial charge is 0.282 e. The van der Waals surface area contributed by atoms with Crippen molar-refractivity contribution < 1.29 is 13.2 Å². The van der Waals surface area contributed by atoms with E-state index in [2.05, 4.69) is 26.1 Å². The van der Waals surface area contributed by atoms with Gasteiger partial charge in [-0.3, -0.25) is 9.69 Å². The van der Waals surface area contributed by atoms with E-state index in [1.165, 1.54) is 5.56 Å². The molecule has 0 radical (unpaired) electrons. The summed E-state index contributed by atoms with van der Waals surface area (Å²) in [6, 6.07) is 7.96. The molecule has 0 unspecified atom stereocenters.